The van der Waals surface area contributed by atoms with E-state index in [4.69, 9.17) is 32.7 Å². The van der Waals surface area contributed by atoms with E-state index in [1.165, 1.54) is 0 Å². The summed E-state index contributed by atoms with van der Waals surface area (Å²) in [6.07, 6.45) is -0.330. The zero-order valence-corrected chi connectivity index (χ0v) is 17.8. The second kappa shape index (κ2) is 12.1. The van der Waals surface area contributed by atoms with Crippen molar-refractivity contribution in [3.05, 3.63) is 57.6 Å². The molecule has 0 radical (unpaired) electrons. The lowest BCUT2D eigenvalue weighted by Crippen LogP contribution is -2.31. The van der Waals surface area contributed by atoms with Gasteiger partial charge in [0.25, 0.3) is 0 Å². The normalized spacial score (nSPS) is 12.0. The van der Waals surface area contributed by atoms with Crippen LogP contribution in [0, 0.1) is 0 Å². The Kier molecular flexibility index (Phi) is 9.88. The molecule has 154 valence electrons. The molecule has 0 amide bonds. The monoisotopic (exact) mass is 426 g/mol. The summed E-state index contributed by atoms with van der Waals surface area (Å²) in [4.78, 5) is 0. The standard InChI is InChI=1S/C21H28Cl2N2O3/c1-3-27-21-10-16(13-25-9-8-24-12-15(2)26)4-7-20(21)28-14-17-5-6-18(22)11-19(17)23/h4-7,10-11,15,24-26H,3,8-9,12-14H2,1-2H3/t15-/m1/s1. The molecule has 2 aromatic carbocycles. The fourth-order valence-electron chi connectivity index (χ4n) is 2.56. The molecule has 2 rings (SSSR count). The number of aliphatic hydroxyl groups is 1. The Bertz CT molecular complexity index is 742. The van der Waals surface area contributed by atoms with E-state index in [1.807, 2.05) is 31.2 Å². The molecule has 5 nitrogen and oxygen atoms in total. The molecule has 0 spiro atoms. The average Bonchev–Trinajstić information content (AvgIpc) is 2.65. The SMILES string of the molecule is CCOc1cc(CNCCNC[C@@H](C)O)ccc1OCc1ccc(Cl)cc1Cl. The summed E-state index contributed by atoms with van der Waals surface area (Å²) in [5, 5.41) is 16.9. The Morgan fingerprint density at radius 1 is 1.00 bits per heavy atom. The average molecular weight is 427 g/mol. The van der Waals surface area contributed by atoms with E-state index in [0.717, 1.165) is 30.8 Å². The van der Waals surface area contributed by atoms with Crippen LogP contribution >= 0.6 is 23.2 Å². The van der Waals surface area contributed by atoms with E-state index in [2.05, 4.69) is 10.6 Å². The number of ether oxygens (including phenoxy) is 2. The highest BCUT2D eigenvalue weighted by Gasteiger charge is 2.09. The molecule has 0 aliphatic rings. The molecule has 0 heterocycles. The number of rotatable bonds is 12. The van der Waals surface area contributed by atoms with Gasteiger partial charge >= 0.3 is 0 Å². The van der Waals surface area contributed by atoms with E-state index in [1.54, 1.807) is 19.1 Å². The molecule has 2 aromatic rings. The highest BCUT2D eigenvalue weighted by molar-refractivity contribution is 6.35. The molecule has 3 N–H and O–H groups in total. The summed E-state index contributed by atoms with van der Waals surface area (Å²) in [7, 11) is 0. The van der Waals surface area contributed by atoms with Gasteiger partial charge in [-0.25, -0.2) is 0 Å². The number of nitrogens with one attached hydrogen (secondary N) is 2. The molecule has 0 saturated carbocycles. The van der Waals surface area contributed by atoms with Gasteiger partial charge in [0.2, 0.25) is 0 Å². The van der Waals surface area contributed by atoms with Crippen molar-refractivity contribution in [2.24, 2.45) is 0 Å². The Balaban J connectivity index is 1.90. The quantitative estimate of drug-likeness (QED) is 0.447. The number of halogens is 2. The van der Waals surface area contributed by atoms with Crippen molar-refractivity contribution in [1.82, 2.24) is 10.6 Å². The Hall–Kier alpha value is -1.50. The maximum absolute atomic E-state index is 9.22. The van der Waals surface area contributed by atoms with Gasteiger partial charge in [0.1, 0.15) is 6.61 Å². The van der Waals surface area contributed by atoms with Crippen LogP contribution in [0.3, 0.4) is 0 Å². The lowest BCUT2D eigenvalue weighted by molar-refractivity contribution is 0.191. The fourth-order valence-corrected chi connectivity index (χ4v) is 3.03. The first kappa shape index (κ1) is 22.8. The molecule has 0 aliphatic heterocycles. The Morgan fingerprint density at radius 2 is 1.79 bits per heavy atom. The highest BCUT2D eigenvalue weighted by atomic mass is 35.5. The van der Waals surface area contributed by atoms with Crippen LogP contribution in [0.4, 0.5) is 0 Å². The van der Waals surface area contributed by atoms with Gasteiger partial charge in [0.15, 0.2) is 11.5 Å². The highest BCUT2D eigenvalue weighted by Crippen LogP contribution is 2.30. The third kappa shape index (κ3) is 7.86. The predicted molar refractivity (Wildman–Crippen MR) is 115 cm³/mol. The maximum Gasteiger partial charge on any atom is 0.161 e. The fraction of sp³-hybridized carbons (Fsp3) is 0.429. The van der Waals surface area contributed by atoms with Gasteiger partial charge in [-0.2, -0.15) is 0 Å². The summed E-state index contributed by atoms with van der Waals surface area (Å²) in [5.41, 5.74) is 1.97. The number of hydrogen-bond acceptors (Lipinski definition) is 5. The van der Waals surface area contributed by atoms with Crippen molar-refractivity contribution in [3.63, 3.8) is 0 Å². The van der Waals surface area contributed by atoms with Crippen LogP contribution < -0.4 is 20.1 Å². The zero-order valence-electron chi connectivity index (χ0n) is 16.3. The number of hydrogen-bond donors (Lipinski definition) is 3. The third-order valence-corrected chi connectivity index (χ3v) is 4.54. The molecule has 0 unspecified atom stereocenters. The van der Waals surface area contributed by atoms with Crippen molar-refractivity contribution in [1.29, 1.82) is 0 Å². The lowest BCUT2D eigenvalue weighted by atomic mass is 10.2. The van der Waals surface area contributed by atoms with Gasteiger partial charge in [0.05, 0.1) is 12.7 Å². The summed E-state index contributed by atoms with van der Waals surface area (Å²) < 4.78 is 11.7. The van der Waals surface area contributed by atoms with Crippen LogP contribution in [-0.4, -0.2) is 37.5 Å². The second-order valence-corrected chi connectivity index (χ2v) is 7.31. The van der Waals surface area contributed by atoms with Crippen LogP contribution in [0.15, 0.2) is 36.4 Å². The van der Waals surface area contributed by atoms with Gasteiger partial charge < -0.3 is 25.2 Å². The largest absolute Gasteiger partial charge is 0.490 e. The van der Waals surface area contributed by atoms with Crippen LogP contribution in [0.5, 0.6) is 11.5 Å². The van der Waals surface area contributed by atoms with Crippen molar-refractivity contribution >= 4 is 23.2 Å². The van der Waals surface area contributed by atoms with E-state index >= 15 is 0 Å². The first-order valence-corrected chi connectivity index (χ1v) is 10.2. The smallest absolute Gasteiger partial charge is 0.161 e. The molecule has 0 fully saturated rings. The van der Waals surface area contributed by atoms with Crippen molar-refractivity contribution in [2.45, 2.75) is 33.1 Å². The molecule has 0 aromatic heterocycles. The molecular weight excluding hydrogens is 399 g/mol. The first-order valence-electron chi connectivity index (χ1n) is 9.41. The molecule has 0 aliphatic carbocycles. The zero-order chi connectivity index (χ0) is 20.4. The van der Waals surface area contributed by atoms with Crippen molar-refractivity contribution in [2.75, 3.05) is 26.2 Å². The van der Waals surface area contributed by atoms with Crippen LogP contribution in [0.1, 0.15) is 25.0 Å². The lowest BCUT2D eigenvalue weighted by Gasteiger charge is -2.14. The summed E-state index contributed by atoms with van der Waals surface area (Å²) in [6.45, 7) is 7.52. The molecule has 0 bridgehead atoms. The van der Waals surface area contributed by atoms with E-state index in [0.29, 0.717) is 41.3 Å². The van der Waals surface area contributed by atoms with Gasteiger partial charge in [0, 0.05) is 41.8 Å². The van der Waals surface area contributed by atoms with Crippen LogP contribution in [-0.2, 0) is 13.2 Å². The number of benzene rings is 2. The summed E-state index contributed by atoms with van der Waals surface area (Å²) in [6, 6.07) is 11.3. The van der Waals surface area contributed by atoms with Gasteiger partial charge in [-0.1, -0.05) is 35.3 Å². The van der Waals surface area contributed by atoms with Crippen molar-refractivity contribution < 1.29 is 14.6 Å². The van der Waals surface area contributed by atoms with E-state index in [-0.39, 0.29) is 6.10 Å². The third-order valence-electron chi connectivity index (χ3n) is 3.95. The Morgan fingerprint density at radius 3 is 2.50 bits per heavy atom. The minimum atomic E-state index is -0.330. The minimum absolute atomic E-state index is 0.330. The van der Waals surface area contributed by atoms with Gasteiger partial charge in [-0.3, -0.25) is 0 Å². The van der Waals surface area contributed by atoms with Crippen LogP contribution in [0.25, 0.3) is 0 Å². The number of aliphatic hydroxyl groups excluding tert-OH is 1. The molecular formula is C21H28Cl2N2O3. The first-order chi connectivity index (χ1) is 13.5. The minimum Gasteiger partial charge on any atom is -0.490 e. The molecule has 28 heavy (non-hydrogen) atoms. The maximum atomic E-state index is 9.22. The molecule has 7 heteroatoms. The van der Waals surface area contributed by atoms with E-state index in [9.17, 15) is 5.11 Å². The summed E-state index contributed by atoms with van der Waals surface area (Å²) in [5.74, 6) is 1.38. The predicted octanol–water partition coefficient (Wildman–Crippen LogP) is 4.03. The van der Waals surface area contributed by atoms with Crippen LogP contribution in [0.2, 0.25) is 10.0 Å². The molecule has 0 saturated heterocycles. The molecule has 1 atom stereocenters. The topological polar surface area (TPSA) is 62.8 Å². The van der Waals surface area contributed by atoms with Gasteiger partial charge in [-0.15, -0.1) is 0 Å². The van der Waals surface area contributed by atoms with Crippen molar-refractivity contribution in [3.8, 4) is 11.5 Å². The second-order valence-electron chi connectivity index (χ2n) is 6.47. The van der Waals surface area contributed by atoms with E-state index < -0.39 is 0 Å². The van der Waals surface area contributed by atoms with Gasteiger partial charge in [-0.05, 0) is 43.7 Å². The Labute approximate surface area is 177 Å². The summed E-state index contributed by atoms with van der Waals surface area (Å²) >= 11 is 12.1.